The fraction of sp³-hybridized carbons (Fsp3) is 0.167. The van der Waals surface area contributed by atoms with Gasteiger partial charge in [0.1, 0.15) is 6.42 Å². The SMILES string of the molecule is O=C1C=C2C(=CC1)[N+](=O)C1=C2C=CC(=O)C1. The van der Waals surface area contributed by atoms with Crippen molar-refractivity contribution in [2.24, 2.45) is 0 Å². The number of nitroso groups, excluding NO2 is 1. The second kappa shape index (κ2) is 2.95. The molecule has 0 amide bonds. The van der Waals surface area contributed by atoms with E-state index in [0.29, 0.717) is 22.5 Å². The molecule has 0 aromatic heterocycles. The minimum Gasteiger partial charge on any atom is -0.294 e. The molecule has 4 nitrogen and oxygen atoms in total. The topological polar surface area (TPSA) is 54.2 Å². The first-order valence-corrected chi connectivity index (χ1v) is 5.03. The van der Waals surface area contributed by atoms with Gasteiger partial charge in [0, 0.05) is 17.4 Å². The van der Waals surface area contributed by atoms with E-state index >= 15 is 0 Å². The van der Waals surface area contributed by atoms with Crippen LogP contribution in [0.25, 0.3) is 0 Å². The Kier molecular flexibility index (Phi) is 1.68. The standard InChI is InChI=1S/C12H8NO3/c14-7-2-4-11-10(5-7)9-3-1-8(15)6-12(9)13(11)16/h1,3-5H,2,6H2/q+1. The van der Waals surface area contributed by atoms with Gasteiger partial charge in [-0.05, 0) is 18.2 Å². The van der Waals surface area contributed by atoms with Crippen LogP contribution in [0.3, 0.4) is 0 Å². The Morgan fingerprint density at radius 3 is 2.75 bits per heavy atom. The number of nitrogens with zero attached hydrogens (tertiary/aromatic N) is 1. The maximum atomic E-state index is 11.9. The van der Waals surface area contributed by atoms with Crippen molar-refractivity contribution in [2.75, 3.05) is 0 Å². The summed E-state index contributed by atoms with van der Waals surface area (Å²) in [5.74, 6) is -0.0861. The Balaban J connectivity index is 2.19. The minimum atomic E-state index is -0.0780. The van der Waals surface area contributed by atoms with Gasteiger partial charge in [0.2, 0.25) is 0 Å². The molecule has 0 N–H and O–H groups in total. The highest BCUT2D eigenvalue weighted by Gasteiger charge is 2.44. The van der Waals surface area contributed by atoms with E-state index < -0.39 is 0 Å². The van der Waals surface area contributed by atoms with Crippen LogP contribution in [-0.2, 0) is 9.59 Å². The lowest BCUT2D eigenvalue weighted by atomic mass is 9.94. The summed E-state index contributed by atoms with van der Waals surface area (Å²) in [4.78, 5) is 34.4. The third-order valence-electron chi connectivity index (χ3n) is 2.92. The summed E-state index contributed by atoms with van der Waals surface area (Å²) in [5.41, 5.74) is 2.34. The molecule has 0 aromatic carbocycles. The number of allylic oxidation sites excluding steroid dienone is 6. The summed E-state index contributed by atoms with van der Waals surface area (Å²) >= 11 is 0. The number of ketones is 2. The Hall–Kier alpha value is -2.10. The van der Waals surface area contributed by atoms with E-state index in [9.17, 15) is 14.5 Å². The van der Waals surface area contributed by atoms with Gasteiger partial charge in [-0.25, -0.2) is 0 Å². The number of hydrogen-bond acceptors (Lipinski definition) is 3. The monoisotopic (exact) mass is 214 g/mol. The van der Waals surface area contributed by atoms with Gasteiger partial charge in [0.05, 0.1) is 15.9 Å². The number of rotatable bonds is 0. The second-order valence-corrected chi connectivity index (χ2v) is 3.95. The van der Waals surface area contributed by atoms with Crippen molar-refractivity contribution in [1.82, 2.24) is 0 Å². The molecule has 0 bridgehead atoms. The molecule has 0 saturated carbocycles. The zero-order chi connectivity index (χ0) is 11.3. The van der Waals surface area contributed by atoms with Crippen LogP contribution < -0.4 is 0 Å². The van der Waals surface area contributed by atoms with Crippen molar-refractivity contribution in [1.29, 1.82) is 0 Å². The van der Waals surface area contributed by atoms with Crippen LogP contribution in [0.15, 0.2) is 46.8 Å². The predicted molar refractivity (Wildman–Crippen MR) is 55.2 cm³/mol. The molecule has 0 saturated heterocycles. The molecule has 1 heterocycles. The van der Waals surface area contributed by atoms with Crippen molar-refractivity contribution in [2.45, 2.75) is 12.8 Å². The van der Waals surface area contributed by atoms with Crippen LogP contribution in [0, 0.1) is 4.91 Å². The fourth-order valence-electron chi connectivity index (χ4n) is 2.17. The molecule has 0 atom stereocenters. The van der Waals surface area contributed by atoms with Gasteiger partial charge in [-0.15, -0.1) is 0 Å². The normalized spacial score (nSPS) is 23.1. The fourth-order valence-corrected chi connectivity index (χ4v) is 2.17. The molecule has 3 aliphatic rings. The summed E-state index contributed by atoms with van der Waals surface area (Å²) in [7, 11) is 0. The van der Waals surface area contributed by atoms with Gasteiger partial charge in [0.15, 0.2) is 11.6 Å². The Morgan fingerprint density at radius 1 is 1.12 bits per heavy atom. The van der Waals surface area contributed by atoms with Gasteiger partial charge in [-0.2, -0.15) is 0 Å². The Bertz CT molecular complexity index is 573. The largest absolute Gasteiger partial charge is 0.294 e. The summed E-state index contributed by atoms with van der Waals surface area (Å²) in [6.07, 6.45) is 6.57. The number of hydrogen-bond donors (Lipinski definition) is 0. The summed E-state index contributed by atoms with van der Waals surface area (Å²) in [6.45, 7) is 0. The lowest BCUT2D eigenvalue weighted by molar-refractivity contribution is -0.437. The third kappa shape index (κ3) is 1.10. The number of fused-ring (bicyclic) bond motifs is 2. The van der Waals surface area contributed by atoms with Crippen LogP contribution in [0.4, 0.5) is 0 Å². The van der Waals surface area contributed by atoms with E-state index in [1.807, 2.05) is 0 Å². The summed E-state index contributed by atoms with van der Waals surface area (Å²) in [5, 5.41) is 0. The van der Waals surface area contributed by atoms with Gasteiger partial charge in [-0.1, -0.05) is 0 Å². The molecule has 1 aliphatic heterocycles. The first kappa shape index (κ1) is 9.15. The van der Waals surface area contributed by atoms with Crippen molar-refractivity contribution in [3.8, 4) is 0 Å². The van der Waals surface area contributed by atoms with E-state index in [1.165, 1.54) is 12.2 Å². The molecule has 0 radical (unpaired) electrons. The average Bonchev–Trinajstić information content (AvgIpc) is 2.52. The van der Waals surface area contributed by atoms with E-state index in [1.54, 1.807) is 12.2 Å². The van der Waals surface area contributed by atoms with Gasteiger partial charge >= 0.3 is 0 Å². The highest BCUT2D eigenvalue weighted by atomic mass is 16.3. The lowest BCUT2D eigenvalue weighted by Crippen LogP contribution is -2.08. The molecule has 16 heavy (non-hydrogen) atoms. The highest BCUT2D eigenvalue weighted by molar-refractivity contribution is 5.98. The Labute approximate surface area is 91.2 Å². The maximum absolute atomic E-state index is 11.9. The van der Waals surface area contributed by atoms with Crippen molar-refractivity contribution >= 4 is 11.6 Å². The van der Waals surface area contributed by atoms with Crippen LogP contribution in [0.2, 0.25) is 0 Å². The molecule has 0 aromatic rings. The first-order valence-electron chi connectivity index (χ1n) is 5.03. The quantitative estimate of drug-likeness (QED) is 0.572. The molecule has 0 spiro atoms. The van der Waals surface area contributed by atoms with E-state index in [0.717, 1.165) is 4.76 Å². The zero-order valence-corrected chi connectivity index (χ0v) is 8.40. The maximum Gasteiger partial charge on any atom is 0.267 e. The number of carbonyl (C=O) groups excluding carboxylic acids is 2. The van der Waals surface area contributed by atoms with Crippen molar-refractivity contribution < 1.29 is 14.3 Å². The molecule has 3 rings (SSSR count). The van der Waals surface area contributed by atoms with Crippen LogP contribution >= 0.6 is 0 Å². The van der Waals surface area contributed by atoms with Crippen molar-refractivity contribution in [3.05, 3.63) is 51.8 Å². The van der Waals surface area contributed by atoms with E-state index in [-0.39, 0.29) is 24.4 Å². The second-order valence-electron chi connectivity index (χ2n) is 3.95. The van der Waals surface area contributed by atoms with Gasteiger partial charge in [0.25, 0.3) is 11.4 Å². The minimum absolute atomic E-state index is 0.00815. The zero-order valence-electron chi connectivity index (χ0n) is 8.40. The van der Waals surface area contributed by atoms with Crippen molar-refractivity contribution in [3.63, 3.8) is 0 Å². The third-order valence-corrected chi connectivity index (χ3v) is 2.92. The molecule has 0 fully saturated rings. The van der Waals surface area contributed by atoms with E-state index in [2.05, 4.69) is 0 Å². The van der Waals surface area contributed by atoms with E-state index in [4.69, 9.17) is 0 Å². The van der Waals surface area contributed by atoms with Crippen LogP contribution in [-0.4, -0.2) is 16.3 Å². The van der Waals surface area contributed by atoms with Gasteiger partial charge < -0.3 is 0 Å². The average molecular weight is 214 g/mol. The summed E-state index contributed by atoms with van der Waals surface area (Å²) in [6, 6.07) is 0. The molecular formula is C12H8NO3+. The smallest absolute Gasteiger partial charge is 0.267 e. The summed E-state index contributed by atoms with van der Waals surface area (Å²) < 4.78 is 0.773. The highest BCUT2D eigenvalue weighted by Crippen LogP contribution is 2.39. The molecule has 4 heteroatoms. The molecular weight excluding hydrogens is 206 g/mol. The predicted octanol–water partition coefficient (Wildman–Crippen LogP) is 1.35. The molecule has 0 unspecified atom stereocenters. The lowest BCUT2D eigenvalue weighted by Gasteiger charge is -2.01. The van der Waals surface area contributed by atoms with Crippen LogP contribution in [0.1, 0.15) is 12.8 Å². The Morgan fingerprint density at radius 2 is 1.94 bits per heavy atom. The molecule has 2 aliphatic carbocycles. The van der Waals surface area contributed by atoms with Crippen LogP contribution in [0.5, 0.6) is 0 Å². The van der Waals surface area contributed by atoms with Gasteiger partial charge in [-0.3, -0.25) is 9.59 Å². The number of carbonyl (C=O) groups is 2. The molecule has 78 valence electrons. The first-order chi connectivity index (χ1) is 7.66.